The Morgan fingerprint density at radius 2 is 1.42 bits per heavy atom. The Balaban J connectivity index is 0.000000240. The number of pyridine rings is 2. The first-order chi connectivity index (χ1) is 11.5. The fraction of sp³-hybridized carbons (Fsp3) is 0.294. The zero-order valence-electron chi connectivity index (χ0n) is 14.0. The van der Waals surface area contributed by atoms with Gasteiger partial charge in [-0.1, -0.05) is 12.1 Å². The van der Waals surface area contributed by atoms with Gasteiger partial charge >= 0.3 is 11.9 Å². The number of rotatable bonds is 4. The third-order valence-electron chi connectivity index (χ3n) is 2.63. The zero-order valence-corrected chi connectivity index (χ0v) is 14.0. The molecule has 0 unspecified atom stereocenters. The minimum Gasteiger partial charge on any atom is -0.461 e. The Morgan fingerprint density at radius 1 is 0.917 bits per heavy atom. The molecule has 0 aromatic carbocycles. The quantitative estimate of drug-likeness (QED) is 0.858. The van der Waals surface area contributed by atoms with Crippen LogP contribution >= 0.6 is 0 Å². The third kappa shape index (κ3) is 6.43. The van der Waals surface area contributed by atoms with Gasteiger partial charge in [0.2, 0.25) is 0 Å². The minimum absolute atomic E-state index is 0.247. The molecule has 0 radical (unpaired) electrons. The summed E-state index contributed by atoms with van der Waals surface area (Å²) < 4.78 is 9.51. The standard InChI is InChI=1S/C9H11NO2.C8H10N2O2/c1-3-12-9(11)8-6-4-5-7(2)10-8;1-2-12-8(11)6-4-3-5-7(9)10-6/h4-6H,3H2,1-2H3;3-5H,2H2,1H3,(H2,9,10). The Labute approximate surface area is 140 Å². The second kappa shape index (κ2) is 9.94. The normalized spacial score (nSPS) is 9.46. The summed E-state index contributed by atoms with van der Waals surface area (Å²) in [5.41, 5.74) is 6.81. The molecule has 0 fully saturated rings. The summed E-state index contributed by atoms with van der Waals surface area (Å²) in [5, 5.41) is 0. The number of carbonyl (C=O) groups excluding carboxylic acids is 2. The maximum atomic E-state index is 11.1. The number of nitrogen functional groups attached to an aromatic ring is 1. The highest BCUT2D eigenvalue weighted by atomic mass is 16.5. The van der Waals surface area contributed by atoms with Gasteiger partial charge in [0.1, 0.15) is 11.5 Å². The van der Waals surface area contributed by atoms with E-state index >= 15 is 0 Å². The van der Waals surface area contributed by atoms with Crippen LogP contribution in [0.1, 0.15) is 40.5 Å². The molecule has 7 nitrogen and oxygen atoms in total. The fourth-order valence-electron chi connectivity index (χ4n) is 1.63. The molecule has 2 aromatic heterocycles. The molecule has 0 aliphatic rings. The molecule has 0 amide bonds. The number of hydrogen-bond donors (Lipinski definition) is 1. The molecular weight excluding hydrogens is 310 g/mol. The van der Waals surface area contributed by atoms with Crippen molar-refractivity contribution in [3.8, 4) is 0 Å². The Hall–Kier alpha value is -2.96. The molecule has 2 heterocycles. The van der Waals surface area contributed by atoms with Crippen LogP contribution in [0.2, 0.25) is 0 Å². The van der Waals surface area contributed by atoms with Gasteiger partial charge in [-0.2, -0.15) is 0 Å². The van der Waals surface area contributed by atoms with Crippen molar-refractivity contribution in [3.05, 3.63) is 53.5 Å². The first-order valence-electron chi connectivity index (χ1n) is 7.48. The summed E-state index contributed by atoms with van der Waals surface area (Å²) in [6.07, 6.45) is 0. The number of ether oxygens (including phenoxy) is 2. The topological polar surface area (TPSA) is 104 Å². The van der Waals surface area contributed by atoms with Gasteiger partial charge in [0.05, 0.1) is 13.2 Å². The van der Waals surface area contributed by atoms with Crippen LogP contribution in [-0.4, -0.2) is 35.1 Å². The second-order valence-corrected chi connectivity index (χ2v) is 4.55. The van der Waals surface area contributed by atoms with Crippen molar-refractivity contribution in [2.75, 3.05) is 18.9 Å². The van der Waals surface area contributed by atoms with Crippen molar-refractivity contribution in [2.24, 2.45) is 0 Å². The van der Waals surface area contributed by atoms with E-state index in [9.17, 15) is 9.59 Å². The Kier molecular flexibility index (Phi) is 7.90. The highest BCUT2D eigenvalue weighted by Crippen LogP contribution is 2.02. The molecule has 128 valence electrons. The number of hydrogen-bond acceptors (Lipinski definition) is 7. The van der Waals surface area contributed by atoms with E-state index in [0.29, 0.717) is 24.7 Å². The lowest BCUT2D eigenvalue weighted by atomic mass is 10.3. The lowest BCUT2D eigenvalue weighted by molar-refractivity contribution is 0.0510. The lowest BCUT2D eigenvalue weighted by Gasteiger charge is -2.00. The predicted octanol–water partition coefficient (Wildman–Crippen LogP) is 2.41. The van der Waals surface area contributed by atoms with Crippen LogP contribution in [0.5, 0.6) is 0 Å². The van der Waals surface area contributed by atoms with E-state index < -0.39 is 5.97 Å². The van der Waals surface area contributed by atoms with Crippen LogP contribution in [0, 0.1) is 6.92 Å². The van der Waals surface area contributed by atoms with Crippen LogP contribution in [0.15, 0.2) is 36.4 Å². The molecule has 7 heteroatoms. The average molecular weight is 331 g/mol. The van der Waals surface area contributed by atoms with E-state index in [1.807, 2.05) is 13.0 Å². The maximum Gasteiger partial charge on any atom is 0.356 e. The van der Waals surface area contributed by atoms with Gasteiger partial charge in [-0.15, -0.1) is 0 Å². The number of esters is 2. The summed E-state index contributed by atoms with van der Waals surface area (Å²) in [4.78, 5) is 30.0. The molecule has 2 N–H and O–H groups in total. The monoisotopic (exact) mass is 331 g/mol. The lowest BCUT2D eigenvalue weighted by Crippen LogP contribution is -2.07. The van der Waals surface area contributed by atoms with Crippen LogP contribution < -0.4 is 5.73 Å². The van der Waals surface area contributed by atoms with Crippen LogP contribution in [-0.2, 0) is 9.47 Å². The molecule has 24 heavy (non-hydrogen) atoms. The van der Waals surface area contributed by atoms with Crippen LogP contribution in [0.25, 0.3) is 0 Å². The highest BCUT2D eigenvalue weighted by molar-refractivity contribution is 5.87. The van der Waals surface area contributed by atoms with Crippen LogP contribution in [0.3, 0.4) is 0 Å². The number of aryl methyl sites for hydroxylation is 1. The molecule has 0 atom stereocenters. The van der Waals surface area contributed by atoms with E-state index in [-0.39, 0.29) is 11.7 Å². The highest BCUT2D eigenvalue weighted by Gasteiger charge is 2.07. The van der Waals surface area contributed by atoms with E-state index in [4.69, 9.17) is 15.2 Å². The number of nitrogens with zero attached hydrogens (tertiary/aromatic N) is 2. The molecular formula is C17H21N3O4. The van der Waals surface area contributed by atoms with E-state index in [0.717, 1.165) is 5.69 Å². The molecule has 0 bridgehead atoms. The van der Waals surface area contributed by atoms with Gasteiger partial charge in [-0.25, -0.2) is 19.6 Å². The van der Waals surface area contributed by atoms with Gasteiger partial charge in [0.15, 0.2) is 5.69 Å². The van der Waals surface area contributed by atoms with E-state index in [1.165, 1.54) is 0 Å². The summed E-state index contributed by atoms with van der Waals surface area (Å²) in [6, 6.07) is 10.1. The Bertz CT molecular complexity index is 630. The average Bonchev–Trinajstić information content (AvgIpc) is 2.56. The zero-order chi connectivity index (χ0) is 17.9. The SMILES string of the molecule is CCOC(=O)c1cccc(C)n1.CCOC(=O)c1cccc(N)n1. The maximum absolute atomic E-state index is 11.1. The summed E-state index contributed by atoms with van der Waals surface area (Å²) >= 11 is 0. The number of carbonyl (C=O) groups is 2. The molecule has 0 saturated heterocycles. The first kappa shape index (κ1) is 19.1. The first-order valence-corrected chi connectivity index (χ1v) is 7.48. The van der Waals surface area contributed by atoms with E-state index in [1.54, 1.807) is 44.2 Å². The number of aromatic nitrogens is 2. The van der Waals surface area contributed by atoms with Crippen LogP contribution in [0.4, 0.5) is 5.82 Å². The van der Waals surface area contributed by atoms with Crippen molar-refractivity contribution in [1.29, 1.82) is 0 Å². The van der Waals surface area contributed by atoms with Gasteiger partial charge in [-0.05, 0) is 45.0 Å². The summed E-state index contributed by atoms with van der Waals surface area (Å²) in [6.45, 7) is 6.07. The third-order valence-corrected chi connectivity index (χ3v) is 2.63. The van der Waals surface area contributed by atoms with Gasteiger partial charge < -0.3 is 15.2 Å². The summed E-state index contributed by atoms with van der Waals surface area (Å²) in [5.74, 6) is -0.480. The van der Waals surface area contributed by atoms with E-state index in [2.05, 4.69) is 9.97 Å². The number of anilines is 1. The molecule has 0 saturated carbocycles. The molecule has 2 aromatic rings. The largest absolute Gasteiger partial charge is 0.461 e. The molecule has 2 rings (SSSR count). The fourth-order valence-corrected chi connectivity index (χ4v) is 1.63. The van der Waals surface area contributed by atoms with Crippen molar-refractivity contribution in [1.82, 2.24) is 9.97 Å². The van der Waals surface area contributed by atoms with Crippen molar-refractivity contribution in [3.63, 3.8) is 0 Å². The smallest absolute Gasteiger partial charge is 0.356 e. The van der Waals surface area contributed by atoms with Gasteiger partial charge in [0, 0.05) is 5.69 Å². The van der Waals surface area contributed by atoms with Crippen molar-refractivity contribution < 1.29 is 19.1 Å². The molecule has 0 aliphatic heterocycles. The van der Waals surface area contributed by atoms with Crippen molar-refractivity contribution >= 4 is 17.8 Å². The molecule has 0 spiro atoms. The van der Waals surface area contributed by atoms with Gasteiger partial charge in [0.25, 0.3) is 0 Å². The van der Waals surface area contributed by atoms with Crippen molar-refractivity contribution in [2.45, 2.75) is 20.8 Å². The predicted molar refractivity (Wildman–Crippen MR) is 89.5 cm³/mol. The summed E-state index contributed by atoms with van der Waals surface area (Å²) in [7, 11) is 0. The number of nitrogens with two attached hydrogens (primary N) is 1. The Morgan fingerprint density at radius 3 is 1.88 bits per heavy atom. The minimum atomic E-state index is -0.440. The molecule has 0 aliphatic carbocycles. The van der Waals surface area contributed by atoms with Gasteiger partial charge in [-0.3, -0.25) is 0 Å². The second-order valence-electron chi connectivity index (χ2n) is 4.55.